The molecule has 140 valence electrons. The molecule has 0 amide bonds. The number of rotatable bonds is 6. The summed E-state index contributed by atoms with van der Waals surface area (Å²) >= 11 is 0. The Labute approximate surface area is 159 Å². The predicted molar refractivity (Wildman–Crippen MR) is 109 cm³/mol. The molecule has 1 atom stereocenters. The summed E-state index contributed by atoms with van der Waals surface area (Å²) in [7, 11) is 1.97. The van der Waals surface area contributed by atoms with Crippen molar-refractivity contribution in [3.63, 3.8) is 0 Å². The second-order valence-corrected chi connectivity index (χ2v) is 6.71. The number of phenolic OH excluding ortho intramolecular Hbond substituents is 1. The van der Waals surface area contributed by atoms with E-state index in [9.17, 15) is 5.11 Å². The number of phenols is 1. The largest absolute Gasteiger partial charge is 0.507 e. The smallest absolute Gasteiger partial charge is 0.165 e. The van der Waals surface area contributed by atoms with Gasteiger partial charge in [0, 0.05) is 49.4 Å². The van der Waals surface area contributed by atoms with Gasteiger partial charge in [0.15, 0.2) is 5.82 Å². The minimum Gasteiger partial charge on any atom is -0.507 e. The molecule has 2 heterocycles. The van der Waals surface area contributed by atoms with Crippen LogP contribution >= 0.6 is 0 Å². The van der Waals surface area contributed by atoms with Gasteiger partial charge in [-0.2, -0.15) is 0 Å². The van der Waals surface area contributed by atoms with Crippen molar-refractivity contribution in [2.75, 3.05) is 18.5 Å². The van der Waals surface area contributed by atoms with Gasteiger partial charge in [0.05, 0.1) is 5.56 Å². The zero-order valence-corrected chi connectivity index (χ0v) is 15.9. The van der Waals surface area contributed by atoms with Crippen LogP contribution in [0.25, 0.3) is 22.5 Å². The van der Waals surface area contributed by atoms with Gasteiger partial charge in [-0.05, 0) is 37.1 Å². The Bertz CT molecular complexity index is 914. The summed E-state index contributed by atoms with van der Waals surface area (Å²) in [6.07, 6.45) is 4.42. The van der Waals surface area contributed by atoms with Crippen molar-refractivity contribution < 1.29 is 5.11 Å². The second kappa shape index (κ2) is 8.14. The summed E-state index contributed by atoms with van der Waals surface area (Å²) in [6.45, 7) is 4.69. The molecule has 3 rings (SSSR count). The van der Waals surface area contributed by atoms with E-state index in [0.717, 1.165) is 29.1 Å². The third-order valence-corrected chi connectivity index (χ3v) is 4.50. The molecule has 0 saturated heterocycles. The van der Waals surface area contributed by atoms with Gasteiger partial charge >= 0.3 is 0 Å². The molecular formula is C21H25N5O. The lowest BCUT2D eigenvalue weighted by molar-refractivity contribution is 0.477. The number of hydrogen-bond donors (Lipinski definition) is 2. The number of aromatic nitrogens is 3. The Hall–Kier alpha value is -2.99. The molecule has 0 aliphatic rings. The third-order valence-electron chi connectivity index (χ3n) is 4.50. The molecule has 0 aliphatic carbocycles. The molecule has 6 heteroatoms. The Kier molecular flexibility index (Phi) is 5.66. The van der Waals surface area contributed by atoms with E-state index in [4.69, 9.17) is 5.73 Å². The second-order valence-electron chi connectivity index (χ2n) is 6.71. The van der Waals surface area contributed by atoms with Crippen LogP contribution in [0.3, 0.4) is 0 Å². The Morgan fingerprint density at radius 2 is 1.96 bits per heavy atom. The van der Waals surface area contributed by atoms with Gasteiger partial charge in [0.25, 0.3) is 0 Å². The maximum atomic E-state index is 10.4. The van der Waals surface area contributed by atoms with Crippen LogP contribution in [0.1, 0.15) is 19.0 Å². The minimum absolute atomic E-state index is 0.0797. The first-order valence-corrected chi connectivity index (χ1v) is 9.04. The topological polar surface area (TPSA) is 88.2 Å². The van der Waals surface area contributed by atoms with Crippen molar-refractivity contribution in [1.29, 1.82) is 0 Å². The molecule has 0 radical (unpaired) electrons. The molecule has 0 fully saturated rings. The normalized spacial score (nSPS) is 12.0. The minimum atomic E-state index is 0.0797. The summed E-state index contributed by atoms with van der Waals surface area (Å²) < 4.78 is 0. The number of nitrogens with zero attached hydrogens (tertiary/aromatic N) is 4. The molecular weight excluding hydrogens is 338 g/mol. The lowest BCUT2D eigenvalue weighted by Gasteiger charge is -2.22. The fourth-order valence-electron chi connectivity index (χ4n) is 2.87. The van der Waals surface area contributed by atoms with E-state index in [-0.39, 0.29) is 11.8 Å². The number of benzene rings is 1. The van der Waals surface area contributed by atoms with Crippen LogP contribution in [-0.2, 0) is 0 Å². The van der Waals surface area contributed by atoms with E-state index in [2.05, 4.69) is 21.9 Å². The highest BCUT2D eigenvalue weighted by molar-refractivity contribution is 5.74. The zero-order valence-electron chi connectivity index (χ0n) is 15.9. The van der Waals surface area contributed by atoms with Crippen LogP contribution in [-0.4, -0.2) is 39.7 Å². The quantitative estimate of drug-likeness (QED) is 0.698. The summed E-state index contributed by atoms with van der Waals surface area (Å²) in [5.74, 6) is 1.42. The van der Waals surface area contributed by atoms with Crippen LogP contribution in [0, 0.1) is 6.92 Å². The van der Waals surface area contributed by atoms with Crippen LogP contribution in [0.2, 0.25) is 0 Å². The standard InChI is InChI=1S/C21H25N5O/c1-4-17(22)13-26(3)20-10-14(2)24-21(25-20)18-11-15(7-8-19(18)27)16-6-5-9-23-12-16/h5-12,17,27H,4,13,22H2,1-3H3/t17-/m0/s1. The molecule has 2 aromatic heterocycles. The molecule has 0 unspecified atom stereocenters. The van der Waals surface area contributed by atoms with E-state index in [1.54, 1.807) is 18.5 Å². The van der Waals surface area contributed by atoms with Crippen molar-refractivity contribution in [2.24, 2.45) is 5.73 Å². The molecule has 3 N–H and O–H groups in total. The number of likely N-dealkylation sites (N-methyl/N-ethyl adjacent to an activating group) is 1. The molecule has 0 bridgehead atoms. The van der Waals surface area contributed by atoms with Gasteiger partial charge in [-0.1, -0.05) is 19.1 Å². The molecule has 0 saturated carbocycles. The maximum absolute atomic E-state index is 10.4. The summed E-state index contributed by atoms with van der Waals surface area (Å²) in [6, 6.07) is 11.3. The van der Waals surface area contributed by atoms with Crippen LogP contribution < -0.4 is 10.6 Å². The number of aromatic hydroxyl groups is 1. The summed E-state index contributed by atoms with van der Waals surface area (Å²) in [4.78, 5) is 15.4. The van der Waals surface area contributed by atoms with Gasteiger partial charge < -0.3 is 15.7 Å². The van der Waals surface area contributed by atoms with Crippen LogP contribution in [0.5, 0.6) is 5.75 Å². The lowest BCUT2D eigenvalue weighted by Crippen LogP contribution is -2.35. The third kappa shape index (κ3) is 4.41. The monoisotopic (exact) mass is 363 g/mol. The van der Waals surface area contributed by atoms with Crippen LogP contribution in [0.15, 0.2) is 48.8 Å². The molecule has 0 aliphatic heterocycles. The zero-order chi connectivity index (χ0) is 19.4. The van der Waals surface area contributed by atoms with Crippen LogP contribution in [0.4, 0.5) is 5.82 Å². The van der Waals surface area contributed by atoms with Gasteiger partial charge in [-0.15, -0.1) is 0 Å². The first-order chi connectivity index (χ1) is 13.0. The highest BCUT2D eigenvalue weighted by Gasteiger charge is 2.14. The average molecular weight is 363 g/mol. The fraction of sp³-hybridized carbons (Fsp3) is 0.286. The Morgan fingerprint density at radius 1 is 1.15 bits per heavy atom. The van der Waals surface area contributed by atoms with Crippen molar-refractivity contribution in [3.8, 4) is 28.3 Å². The first-order valence-electron chi connectivity index (χ1n) is 9.04. The highest BCUT2D eigenvalue weighted by Crippen LogP contribution is 2.32. The Balaban J connectivity index is 2.01. The van der Waals surface area contributed by atoms with E-state index in [1.165, 1.54) is 0 Å². The van der Waals surface area contributed by atoms with E-state index >= 15 is 0 Å². The van der Waals surface area contributed by atoms with Gasteiger partial charge in [0.1, 0.15) is 11.6 Å². The summed E-state index contributed by atoms with van der Waals surface area (Å²) in [5, 5.41) is 10.4. The number of anilines is 1. The Morgan fingerprint density at radius 3 is 2.67 bits per heavy atom. The van der Waals surface area contributed by atoms with Crippen molar-refractivity contribution >= 4 is 5.82 Å². The van der Waals surface area contributed by atoms with Crippen molar-refractivity contribution in [2.45, 2.75) is 26.3 Å². The number of nitrogens with two attached hydrogens (primary N) is 1. The first kappa shape index (κ1) is 18.8. The van der Waals surface area contributed by atoms with Crippen molar-refractivity contribution in [3.05, 3.63) is 54.5 Å². The molecule has 0 spiro atoms. The maximum Gasteiger partial charge on any atom is 0.165 e. The predicted octanol–water partition coefficient (Wildman–Crippen LogP) is 3.39. The van der Waals surface area contributed by atoms with Gasteiger partial charge in [-0.3, -0.25) is 4.98 Å². The SMILES string of the molecule is CC[C@H](N)CN(C)c1cc(C)nc(-c2cc(-c3cccnc3)ccc2O)n1. The van der Waals surface area contributed by atoms with E-state index < -0.39 is 0 Å². The highest BCUT2D eigenvalue weighted by atomic mass is 16.3. The van der Waals surface area contributed by atoms with E-state index in [0.29, 0.717) is 17.9 Å². The number of hydrogen-bond acceptors (Lipinski definition) is 6. The lowest BCUT2D eigenvalue weighted by atomic mass is 10.0. The summed E-state index contributed by atoms with van der Waals surface area (Å²) in [5.41, 5.74) is 9.42. The number of aryl methyl sites for hydroxylation is 1. The number of pyridine rings is 1. The van der Waals surface area contributed by atoms with Gasteiger partial charge in [-0.25, -0.2) is 9.97 Å². The van der Waals surface area contributed by atoms with Gasteiger partial charge in [0.2, 0.25) is 0 Å². The molecule has 27 heavy (non-hydrogen) atoms. The molecule has 1 aromatic carbocycles. The molecule has 3 aromatic rings. The van der Waals surface area contributed by atoms with E-state index in [1.807, 2.05) is 49.2 Å². The van der Waals surface area contributed by atoms with Crippen molar-refractivity contribution in [1.82, 2.24) is 15.0 Å². The molecule has 6 nitrogen and oxygen atoms in total. The average Bonchev–Trinajstić information content (AvgIpc) is 2.68. The fourth-order valence-corrected chi connectivity index (χ4v) is 2.87.